The van der Waals surface area contributed by atoms with Gasteiger partial charge < -0.3 is 0 Å². The summed E-state index contributed by atoms with van der Waals surface area (Å²) in [5.41, 5.74) is 4.87. The summed E-state index contributed by atoms with van der Waals surface area (Å²) >= 11 is -1.68. The van der Waals surface area contributed by atoms with E-state index in [0.29, 0.717) is 10.8 Å². The molecule has 0 aromatic heterocycles. The van der Waals surface area contributed by atoms with Gasteiger partial charge >= 0.3 is 11.4 Å². The smallest absolute Gasteiger partial charge is 0.265 e. The summed E-state index contributed by atoms with van der Waals surface area (Å²) in [6.07, 6.45) is 32.6. The van der Waals surface area contributed by atoms with Crippen LogP contribution >= 0.6 is 0 Å². The summed E-state index contributed by atoms with van der Waals surface area (Å²) in [6.45, 7) is 25.4. The van der Waals surface area contributed by atoms with Crippen LogP contribution in [0, 0.1) is 92.7 Å². The summed E-state index contributed by atoms with van der Waals surface area (Å²) in [4.78, 5) is 0. The third-order valence-electron chi connectivity index (χ3n) is 20.7. The Morgan fingerprint density at radius 1 is 0.561 bits per heavy atom. The summed E-state index contributed by atoms with van der Waals surface area (Å²) in [7, 11) is 0. The Bertz CT molecular complexity index is 1510. The quantitative estimate of drug-likeness (QED) is 0.174. The first-order valence-electron chi connectivity index (χ1n) is 25.2. The molecule has 8 aliphatic carbocycles. The first-order valence-corrected chi connectivity index (χ1v) is 26.2. The highest BCUT2D eigenvalue weighted by atomic mass is 32.2. The molecule has 17 atom stereocenters. The van der Waals surface area contributed by atoms with Gasteiger partial charge in [-0.25, -0.2) is 0 Å². The van der Waals surface area contributed by atoms with E-state index >= 15 is 0 Å². The third kappa shape index (κ3) is 7.84. The first-order chi connectivity index (χ1) is 27.1. The van der Waals surface area contributed by atoms with E-state index in [1.807, 2.05) is 0 Å². The fourth-order valence-electron chi connectivity index (χ4n) is 17.5. The van der Waals surface area contributed by atoms with E-state index in [9.17, 15) is 4.21 Å². The van der Waals surface area contributed by atoms with Crippen molar-refractivity contribution in [1.29, 1.82) is 0 Å². The number of hydrogen-bond donors (Lipinski definition) is 0. The molecule has 6 saturated carbocycles. The molecule has 8 rings (SSSR count). The molecule has 324 valence electrons. The van der Waals surface area contributed by atoms with E-state index in [0.717, 1.165) is 96.7 Å². The van der Waals surface area contributed by atoms with E-state index in [1.54, 1.807) is 11.1 Å². The molecule has 0 spiro atoms. The maximum atomic E-state index is 13.6. The molecule has 0 aromatic rings. The molecule has 0 saturated heterocycles. The van der Waals surface area contributed by atoms with Crippen LogP contribution in [0.2, 0.25) is 0 Å². The lowest BCUT2D eigenvalue weighted by atomic mass is 9.47. The van der Waals surface area contributed by atoms with Crippen LogP contribution in [-0.4, -0.2) is 16.4 Å². The van der Waals surface area contributed by atoms with Gasteiger partial charge in [-0.3, -0.25) is 8.37 Å². The van der Waals surface area contributed by atoms with Crippen molar-refractivity contribution in [2.75, 3.05) is 0 Å². The Morgan fingerprint density at radius 2 is 1.02 bits per heavy atom. The fourth-order valence-corrected chi connectivity index (χ4v) is 18.3. The molecule has 8 aliphatic rings. The monoisotopic (exact) mass is 805 g/mol. The highest BCUT2D eigenvalue weighted by Crippen LogP contribution is 2.69. The summed E-state index contributed by atoms with van der Waals surface area (Å²) in [5.74, 6) is 10.3. The van der Waals surface area contributed by atoms with Crippen LogP contribution in [0.1, 0.15) is 204 Å². The van der Waals surface area contributed by atoms with Gasteiger partial charge in [0.05, 0.1) is 12.2 Å². The molecule has 0 radical (unpaired) electrons. The molecular formula is C53H88O3S. The second-order valence-electron chi connectivity index (χ2n) is 24.4. The molecule has 0 amide bonds. The van der Waals surface area contributed by atoms with Crippen LogP contribution in [0.15, 0.2) is 23.3 Å². The van der Waals surface area contributed by atoms with E-state index in [-0.39, 0.29) is 23.0 Å². The van der Waals surface area contributed by atoms with Gasteiger partial charge in [-0.15, -0.1) is 0 Å². The van der Waals surface area contributed by atoms with Crippen molar-refractivity contribution in [2.24, 2.45) is 92.7 Å². The normalized spacial score (nSPS) is 46.8. The lowest BCUT2D eigenvalue weighted by molar-refractivity contribution is -0.0581. The topological polar surface area (TPSA) is 35.5 Å². The molecule has 4 heteroatoms. The minimum absolute atomic E-state index is 0.0152. The van der Waals surface area contributed by atoms with E-state index in [2.05, 4.69) is 81.4 Å². The molecule has 0 N–H and O–H groups in total. The molecule has 6 fully saturated rings. The predicted octanol–water partition coefficient (Wildman–Crippen LogP) is 15.0. The molecule has 3 nitrogen and oxygen atoms in total. The minimum Gasteiger partial charge on any atom is -0.265 e. The largest absolute Gasteiger partial charge is 0.305 e. The van der Waals surface area contributed by atoms with Crippen LogP contribution < -0.4 is 0 Å². The zero-order valence-electron chi connectivity index (χ0n) is 38.7. The zero-order valence-corrected chi connectivity index (χ0v) is 39.5. The molecule has 0 aliphatic heterocycles. The Balaban J connectivity index is 0.843. The van der Waals surface area contributed by atoms with Crippen molar-refractivity contribution in [3.05, 3.63) is 23.3 Å². The van der Waals surface area contributed by atoms with Crippen LogP contribution in [0.25, 0.3) is 0 Å². The average Bonchev–Trinajstić information content (AvgIpc) is 3.71. The van der Waals surface area contributed by atoms with Gasteiger partial charge in [-0.05, 0) is 195 Å². The second kappa shape index (κ2) is 16.7. The van der Waals surface area contributed by atoms with E-state index < -0.39 is 11.4 Å². The van der Waals surface area contributed by atoms with E-state index in [4.69, 9.17) is 8.37 Å². The molecule has 0 aromatic carbocycles. The average molecular weight is 805 g/mol. The van der Waals surface area contributed by atoms with E-state index in [1.165, 1.54) is 109 Å². The highest BCUT2D eigenvalue weighted by Gasteiger charge is 2.61. The van der Waals surface area contributed by atoms with Crippen molar-refractivity contribution in [2.45, 2.75) is 216 Å². The van der Waals surface area contributed by atoms with Crippen LogP contribution in [0.3, 0.4) is 0 Å². The second-order valence-corrected chi connectivity index (χ2v) is 25.1. The van der Waals surface area contributed by atoms with Crippen LogP contribution in [0.4, 0.5) is 0 Å². The van der Waals surface area contributed by atoms with Gasteiger partial charge in [0.2, 0.25) is 0 Å². The van der Waals surface area contributed by atoms with Crippen LogP contribution in [-0.2, 0) is 19.7 Å². The summed E-state index contributed by atoms with van der Waals surface area (Å²) in [5, 5.41) is 0. The van der Waals surface area contributed by atoms with Gasteiger partial charge in [-0.2, -0.15) is 4.21 Å². The van der Waals surface area contributed by atoms with Crippen LogP contribution in [0.5, 0.6) is 0 Å². The Morgan fingerprint density at radius 3 is 1.47 bits per heavy atom. The number of rotatable bonds is 13. The van der Waals surface area contributed by atoms with Gasteiger partial charge in [0.15, 0.2) is 0 Å². The molecule has 0 heterocycles. The lowest BCUT2D eigenvalue weighted by Gasteiger charge is -2.58. The zero-order chi connectivity index (χ0) is 40.5. The third-order valence-corrected chi connectivity index (χ3v) is 21.6. The first kappa shape index (κ1) is 43.2. The van der Waals surface area contributed by atoms with Gasteiger partial charge in [-0.1, -0.05) is 125 Å². The predicted molar refractivity (Wildman–Crippen MR) is 239 cm³/mol. The van der Waals surface area contributed by atoms with Crippen molar-refractivity contribution in [3.8, 4) is 0 Å². The fraction of sp³-hybridized carbons (Fsp3) is 0.925. The van der Waals surface area contributed by atoms with Crippen molar-refractivity contribution >= 4 is 11.4 Å². The number of fused-ring (bicyclic) bond motifs is 10. The lowest BCUT2D eigenvalue weighted by Crippen LogP contribution is -2.51. The Hall–Kier alpha value is -0.450. The van der Waals surface area contributed by atoms with Crippen molar-refractivity contribution in [1.82, 2.24) is 0 Å². The van der Waals surface area contributed by atoms with Gasteiger partial charge in [0, 0.05) is 0 Å². The highest BCUT2D eigenvalue weighted by molar-refractivity contribution is 7.75. The maximum absolute atomic E-state index is 13.6. The van der Waals surface area contributed by atoms with Gasteiger partial charge in [0.1, 0.15) is 0 Å². The minimum atomic E-state index is -1.68. The maximum Gasteiger partial charge on any atom is 0.305 e. The summed E-state index contributed by atoms with van der Waals surface area (Å²) < 4.78 is 26.3. The Kier molecular flexibility index (Phi) is 12.6. The molecule has 0 bridgehead atoms. The van der Waals surface area contributed by atoms with Crippen molar-refractivity contribution in [3.63, 3.8) is 0 Å². The summed E-state index contributed by atoms with van der Waals surface area (Å²) in [6, 6.07) is 0. The Labute approximate surface area is 354 Å². The molecule has 0 unspecified atom stereocenters. The number of allylic oxidation sites excluding steroid dienone is 2. The molecular weight excluding hydrogens is 717 g/mol. The van der Waals surface area contributed by atoms with Gasteiger partial charge in [0.25, 0.3) is 0 Å². The molecule has 57 heavy (non-hydrogen) atoms. The SMILES string of the molecule is CC(C)CCC[C@H](C)[C@@H]1CC[C@@H]2[C@@H]3CC=C4C[C@@H](O[S@](=O)O[C@@H]5CC[C@]6(C)C(=CC[C@H]7[C@@H]8CC[C@@H]([C@H](C)CCC(C)C)[C@@]8(C)CC[C@@H]76)C5)CC[C@]4(C)[C@H]3CC[C@]21C. The number of hydrogen-bond acceptors (Lipinski definition) is 3. The van der Waals surface area contributed by atoms with Crippen molar-refractivity contribution < 1.29 is 12.6 Å². The standard InChI is InChI=1S/C53H88O3S/c1-34(2)12-11-13-36(5)44-20-22-46-42-18-16-38-32-40(24-28-50(38,7)48(42)26-30-52(44,46)9)55-57(54)56-41-25-29-51(8)39(33-41)17-19-43-47-23-21-45(37(6)15-14-35(3)4)53(47,10)31-27-49(43)51/h16-17,34-37,40-49H,11-15,18-33H2,1-10H3/t36-,37+,40-,41+,42-,43-,44-,45-,46+,47-,48-,49-,50-,51+,52-,53+,57-/m0/s1.